The van der Waals surface area contributed by atoms with Crippen molar-refractivity contribution in [2.45, 2.75) is 45.8 Å². The van der Waals surface area contributed by atoms with E-state index in [4.69, 9.17) is 9.72 Å². The van der Waals surface area contributed by atoms with Crippen LogP contribution in [0.1, 0.15) is 44.9 Å². The van der Waals surface area contributed by atoms with Crippen molar-refractivity contribution in [3.63, 3.8) is 0 Å². The summed E-state index contributed by atoms with van der Waals surface area (Å²) in [5.74, 6) is 1.08. The molecule has 0 spiro atoms. The molecule has 2 aromatic heterocycles. The van der Waals surface area contributed by atoms with E-state index in [-0.39, 0.29) is 0 Å². The lowest BCUT2D eigenvalue weighted by Gasteiger charge is -2.20. The Morgan fingerprint density at radius 3 is 2.11 bits per heavy atom. The van der Waals surface area contributed by atoms with Crippen molar-refractivity contribution in [3.8, 4) is 5.75 Å². The number of aromatic nitrogens is 3. The summed E-state index contributed by atoms with van der Waals surface area (Å²) in [5.41, 5.74) is 10.5. The van der Waals surface area contributed by atoms with Gasteiger partial charge in [-0.1, -0.05) is 97.1 Å². The molecule has 1 amide bonds. The van der Waals surface area contributed by atoms with Crippen LogP contribution in [0.2, 0.25) is 0 Å². The number of aryl methyl sites for hydroxylation is 5. The lowest BCUT2D eigenvalue weighted by molar-refractivity contribution is -0.124. The van der Waals surface area contributed by atoms with E-state index >= 15 is 0 Å². The molecule has 0 saturated heterocycles. The smallest absolute Gasteiger partial charge is 0.267 e. The van der Waals surface area contributed by atoms with E-state index in [1.165, 1.54) is 17.2 Å². The molecule has 2 N–H and O–H groups in total. The fourth-order valence-corrected chi connectivity index (χ4v) is 5.99. The number of imidazole rings is 1. The SMILES string of the molecule is Cc1c(C=CC(=O)NO)c(Cc2ccccn2)c(OCc2ccccc2)c2c1nc(CCc1ccccc1)n2CCc1ccccc1. The fraction of sp³-hybridized carbons (Fsp3) is 0.175. The maximum Gasteiger partial charge on any atom is 0.267 e. The monoisotopic (exact) mass is 622 g/mol. The molecule has 4 aromatic carbocycles. The van der Waals surface area contributed by atoms with Crippen LogP contribution in [0.4, 0.5) is 0 Å². The summed E-state index contributed by atoms with van der Waals surface area (Å²) < 4.78 is 9.16. The first kappa shape index (κ1) is 31.5. The van der Waals surface area contributed by atoms with Gasteiger partial charge in [0.15, 0.2) is 0 Å². The Hall–Kier alpha value is -5.53. The Labute approximate surface area is 275 Å². The van der Waals surface area contributed by atoms with Crippen LogP contribution in [-0.4, -0.2) is 25.6 Å². The Balaban J connectivity index is 1.56. The van der Waals surface area contributed by atoms with Gasteiger partial charge in [-0.15, -0.1) is 0 Å². The van der Waals surface area contributed by atoms with Crippen molar-refractivity contribution in [1.82, 2.24) is 20.0 Å². The highest BCUT2D eigenvalue weighted by Gasteiger charge is 2.25. The molecule has 0 aliphatic heterocycles. The molecule has 0 bridgehead atoms. The number of rotatable bonds is 13. The number of nitrogens with zero attached hydrogens (tertiary/aromatic N) is 3. The molecular formula is C40H38N4O3. The lowest BCUT2D eigenvalue weighted by atomic mass is 9.94. The number of ether oxygens (including phenoxy) is 1. The van der Waals surface area contributed by atoms with Crippen molar-refractivity contribution < 1.29 is 14.7 Å². The minimum absolute atomic E-state index is 0.359. The lowest BCUT2D eigenvalue weighted by Crippen LogP contribution is -2.15. The number of nitrogens with one attached hydrogen (secondary N) is 1. The topological polar surface area (TPSA) is 89.3 Å². The molecule has 0 aliphatic carbocycles. The molecule has 7 nitrogen and oxygen atoms in total. The number of carbonyl (C=O) groups is 1. The summed E-state index contributed by atoms with van der Waals surface area (Å²) in [5, 5.41) is 9.27. The number of benzene rings is 4. The molecule has 0 fully saturated rings. The second kappa shape index (κ2) is 15.2. The van der Waals surface area contributed by atoms with Gasteiger partial charge < -0.3 is 9.30 Å². The summed E-state index contributed by atoms with van der Waals surface area (Å²) in [7, 11) is 0. The van der Waals surface area contributed by atoms with E-state index in [1.807, 2.05) is 67.6 Å². The van der Waals surface area contributed by atoms with Crippen molar-refractivity contribution in [2.75, 3.05) is 0 Å². The van der Waals surface area contributed by atoms with Gasteiger partial charge in [0.1, 0.15) is 23.7 Å². The van der Waals surface area contributed by atoms with Crippen LogP contribution in [-0.2, 0) is 43.6 Å². The Kier molecular flexibility index (Phi) is 10.2. The molecule has 236 valence electrons. The number of fused-ring (bicyclic) bond motifs is 1. The Bertz CT molecular complexity index is 1960. The van der Waals surface area contributed by atoms with Gasteiger partial charge in [-0.3, -0.25) is 15.0 Å². The normalized spacial score (nSPS) is 11.3. The average Bonchev–Trinajstić information content (AvgIpc) is 3.49. The molecule has 0 atom stereocenters. The molecule has 6 rings (SSSR count). The van der Waals surface area contributed by atoms with Gasteiger partial charge in [-0.05, 0) is 65.8 Å². The fourth-order valence-electron chi connectivity index (χ4n) is 5.99. The van der Waals surface area contributed by atoms with Crippen molar-refractivity contribution in [1.29, 1.82) is 0 Å². The summed E-state index contributed by atoms with van der Waals surface area (Å²) in [6.07, 6.45) is 7.75. The Morgan fingerprint density at radius 1 is 0.830 bits per heavy atom. The molecule has 2 heterocycles. The van der Waals surface area contributed by atoms with Crippen LogP contribution in [0.5, 0.6) is 5.75 Å². The van der Waals surface area contributed by atoms with Gasteiger partial charge in [0.2, 0.25) is 0 Å². The zero-order valence-electron chi connectivity index (χ0n) is 26.5. The molecule has 0 saturated carbocycles. The van der Waals surface area contributed by atoms with Crippen LogP contribution in [0, 0.1) is 6.92 Å². The van der Waals surface area contributed by atoms with Crippen LogP contribution >= 0.6 is 0 Å². The third-order valence-electron chi connectivity index (χ3n) is 8.39. The van der Waals surface area contributed by atoms with Crippen LogP contribution in [0.15, 0.2) is 121 Å². The summed E-state index contributed by atoms with van der Waals surface area (Å²) >= 11 is 0. The van der Waals surface area contributed by atoms with E-state index in [9.17, 15) is 10.0 Å². The maximum atomic E-state index is 12.2. The van der Waals surface area contributed by atoms with E-state index in [0.29, 0.717) is 13.0 Å². The summed E-state index contributed by atoms with van der Waals surface area (Å²) in [6.45, 7) is 3.12. The van der Waals surface area contributed by atoms with E-state index in [0.717, 1.165) is 76.4 Å². The highest BCUT2D eigenvalue weighted by molar-refractivity contribution is 5.95. The first-order valence-electron chi connectivity index (χ1n) is 15.9. The van der Waals surface area contributed by atoms with Crippen LogP contribution in [0.3, 0.4) is 0 Å². The number of hydrogen-bond acceptors (Lipinski definition) is 5. The zero-order valence-corrected chi connectivity index (χ0v) is 26.5. The van der Waals surface area contributed by atoms with Crippen LogP contribution in [0.25, 0.3) is 17.1 Å². The highest BCUT2D eigenvalue weighted by Crippen LogP contribution is 2.39. The predicted octanol–water partition coefficient (Wildman–Crippen LogP) is 7.46. The van der Waals surface area contributed by atoms with Gasteiger partial charge in [-0.2, -0.15) is 0 Å². The minimum atomic E-state index is -0.614. The van der Waals surface area contributed by atoms with Crippen LogP contribution < -0.4 is 10.2 Å². The van der Waals surface area contributed by atoms with Gasteiger partial charge >= 0.3 is 0 Å². The van der Waals surface area contributed by atoms with Crippen molar-refractivity contribution in [2.24, 2.45) is 0 Å². The first-order chi connectivity index (χ1) is 23.1. The average molecular weight is 623 g/mol. The van der Waals surface area contributed by atoms with Gasteiger partial charge in [-0.25, -0.2) is 10.5 Å². The standard InChI is InChI=1S/C40H38N4O3/c1-29-34(21-23-37(45)43-46)35(27-33-19-11-12-25-41-33)40(47-28-32-17-9-4-10-18-32)39-38(29)42-36(22-20-30-13-5-2-6-14-30)44(39)26-24-31-15-7-3-8-16-31/h2-19,21,23,25,46H,20,22,24,26-28H2,1H3,(H,43,45). The van der Waals surface area contributed by atoms with E-state index in [1.54, 1.807) is 17.8 Å². The molecule has 6 aromatic rings. The largest absolute Gasteiger partial charge is 0.486 e. The zero-order chi connectivity index (χ0) is 32.4. The van der Waals surface area contributed by atoms with Gasteiger partial charge in [0, 0.05) is 42.9 Å². The minimum Gasteiger partial charge on any atom is -0.486 e. The molecule has 0 radical (unpaired) electrons. The van der Waals surface area contributed by atoms with Gasteiger partial charge in [0.05, 0.1) is 5.52 Å². The maximum absolute atomic E-state index is 12.2. The Morgan fingerprint density at radius 2 is 1.47 bits per heavy atom. The third-order valence-corrected chi connectivity index (χ3v) is 8.39. The molecule has 47 heavy (non-hydrogen) atoms. The molecular weight excluding hydrogens is 584 g/mol. The summed E-state index contributed by atoms with van der Waals surface area (Å²) in [4.78, 5) is 22.1. The number of hydrogen-bond donors (Lipinski definition) is 2. The first-order valence-corrected chi connectivity index (χ1v) is 15.9. The van der Waals surface area contributed by atoms with E-state index < -0.39 is 5.91 Å². The third kappa shape index (κ3) is 7.65. The number of pyridine rings is 1. The highest BCUT2D eigenvalue weighted by atomic mass is 16.5. The second-order valence-electron chi connectivity index (χ2n) is 11.5. The van der Waals surface area contributed by atoms with Crippen molar-refractivity contribution >= 4 is 23.0 Å². The number of hydroxylamine groups is 1. The van der Waals surface area contributed by atoms with Crippen molar-refractivity contribution in [3.05, 3.63) is 166 Å². The number of amides is 1. The number of carbonyl (C=O) groups excluding carboxylic acids is 1. The predicted molar refractivity (Wildman–Crippen MR) is 185 cm³/mol. The molecule has 7 heteroatoms. The quantitative estimate of drug-likeness (QED) is 0.0793. The molecule has 0 unspecified atom stereocenters. The molecule has 0 aliphatic rings. The second-order valence-corrected chi connectivity index (χ2v) is 11.5. The van der Waals surface area contributed by atoms with E-state index in [2.05, 4.69) is 58.1 Å². The van der Waals surface area contributed by atoms with Gasteiger partial charge in [0.25, 0.3) is 5.91 Å². The summed E-state index contributed by atoms with van der Waals surface area (Å²) in [6, 6.07) is 36.9.